The number of pyridine rings is 1. The Morgan fingerprint density at radius 1 is 1.21 bits per heavy atom. The van der Waals surface area contributed by atoms with Crippen molar-refractivity contribution in [2.75, 3.05) is 18.9 Å². The Bertz CT molecular complexity index is 683. The number of hydrogen-bond acceptors (Lipinski definition) is 4. The van der Waals surface area contributed by atoms with E-state index in [1.54, 1.807) is 18.2 Å². The second-order valence-corrected chi connectivity index (χ2v) is 6.07. The van der Waals surface area contributed by atoms with Crippen molar-refractivity contribution in [1.29, 1.82) is 0 Å². The molecule has 0 saturated carbocycles. The minimum atomic E-state index is -3.41. The number of anilines is 1. The molecule has 2 aromatic rings. The van der Waals surface area contributed by atoms with Crippen LogP contribution in [0.25, 0.3) is 10.9 Å². The van der Waals surface area contributed by atoms with Gasteiger partial charge in [0, 0.05) is 11.9 Å². The number of benzene rings is 1. The molecule has 0 aliphatic rings. The second-order valence-electron chi connectivity index (χ2n) is 4.19. The topological polar surface area (TPSA) is 71.1 Å². The first kappa shape index (κ1) is 13.8. The molecule has 0 aliphatic carbocycles. The van der Waals surface area contributed by atoms with Crippen LogP contribution in [0.3, 0.4) is 0 Å². The zero-order valence-electron chi connectivity index (χ0n) is 11.0. The van der Waals surface area contributed by atoms with E-state index in [0.717, 1.165) is 29.7 Å². The molecule has 1 aromatic heterocycles. The van der Waals surface area contributed by atoms with Gasteiger partial charge in [-0.25, -0.2) is 18.1 Å². The Morgan fingerprint density at radius 2 is 2.00 bits per heavy atom. The average Bonchev–Trinajstić information content (AvgIpc) is 2.44. The molecular formula is C13H17N3O2S. The van der Waals surface area contributed by atoms with Crippen molar-refractivity contribution in [2.45, 2.75) is 18.2 Å². The minimum absolute atomic E-state index is 0.249. The smallest absolute Gasteiger partial charge is 0.240 e. The van der Waals surface area contributed by atoms with E-state index >= 15 is 0 Å². The van der Waals surface area contributed by atoms with Gasteiger partial charge in [-0.05, 0) is 43.8 Å². The average molecular weight is 279 g/mol. The van der Waals surface area contributed by atoms with E-state index in [0.29, 0.717) is 0 Å². The number of sulfonamides is 1. The second kappa shape index (κ2) is 5.54. The Kier molecular flexibility index (Phi) is 4.01. The van der Waals surface area contributed by atoms with Crippen molar-refractivity contribution in [3.05, 3.63) is 30.3 Å². The molecule has 0 atom stereocenters. The van der Waals surface area contributed by atoms with Gasteiger partial charge in [0.15, 0.2) is 0 Å². The maximum Gasteiger partial charge on any atom is 0.240 e. The van der Waals surface area contributed by atoms with Gasteiger partial charge in [0.1, 0.15) is 5.82 Å². The molecule has 0 amide bonds. The summed E-state index contributed by atoms with van der Waals surface area (Å²) in [6.45, 7) is 2.95. The molecule has 5 nitrogen and oxygen atoms in total. The van der Waals surface area contributed by atoms with Gasteiger partial charge in [0.05, 0.1) is 10.4 Å². The summed E-state index contributed by atoms with van der Waals surface area (Å²) < 4.78 is 25.7. The highest BCUT2D eigenvalue weighted by molar-refractivity contribution is 7.89. The highest BCUT2D eigenvalue weighted by Crippen LogP contribution is 2.19. The third-order valence-corrected chi connectivity index (χ3v) is 4.21. The van der Waals surface area contributed by atoms with Crippen molar-refractivity contribution in [1.82, 2.24) is 9.71 Å². The molecule has 0 radical (unpaired) electrons. The standard InChI is InChI=1S/C13H17N3O2S/c1-3-8-15-13-7-4-10-9-11(19(17,18)14-2)5-6-12(10)16-13/h4-7,9,14H,3,8H2,1-2H3,(H,15,16). The predicted molar refractivity (Wildman–Crippen MR) is 76.8 cm³/mol. The van der Waals surface area contributed by atoms with Crippen LogP contribution >= 0.6 is 0 Å². The van der Waals surface area contributed by atoms with Gasteiger partial charge in [0.25, 0.3) is 0 Å². The lowest BCUT2D eigenvalue weighted by atomic mass is 10.2. The SMILES string of the molecule is CCCNc1ccc2cc(S(=O)(=O)NC)ccc2n1. The normalized spacial score (nSPS) is 11.7. The summed E-state index contributed by atoms with van der Waals surface area (Å²) in [7, 11) is -2.01. The van der Waals surface area contributed by atoms with E-state index in [2.05, 4.69) is 21.9 Å². The monoisotopic (exact) mass is 279 g/mol. The van der Waals surface area contributed by atoms with Crippen LogP contribution in [0.4, 0.5) is 5.82 Å². The number of aromatic nitrogens is 1. The van der Waals surface area contributed by atoms with Crippen molar-refractivity contribution in [3.8, 4) is 0 Å². The van der Waals surface area contributed by atoms with E-state index in [9.17, 15) is 8.42 Å². The molecule has 1 heterocycles. The molecule has 0 aliphatic heterocycles. The van der Waals surface area contributed by atoms with Gasteiger partial charge in [-0.1, -0.05) is 6.92 Å². The molecule has 2 rings (SSSR count). The van der Waals surface area contributed by atoms with Crippen molar-refractivity contribution in [3.63, 3.8) is 0 Å². The maximum absolute atomic E-state index is 11.7. The largest absolute Gasteiger partial charge is 0.370 e. The maximum atomic E-state index is 11.7. The number of rotatable bonds is 5. The molecule has 0 bridgehead atoms. The lowest BCUT2D eigenvalue weighted by molar-refractivity contribution is 0.588. The third-order valence-electron chi connectivity index (χ3n) is 2.80. The first-order chi connectivity index (χ1) is 9.06. The summed E-state index contributed by atoms with van der Waals surface area (Å²) in [4.78, 5) is 4.68. The van der Waals surface area contributed by atoms with E-state index in [-0.39, 0.29) is 4.90 Å². The summed E-state index contributed by atoms with van der Waals surface area (Å²) >= 11 is 0. The highest BCUT2D eigenvalue weighted by atomic mass is 32.2. The first-order valence-corrected chi connectivity index (χ1v) is 7.63. The lowest BCUT2D eigenvalue weighted by Crippen LogP contribution is -2.18. The Labute approximate surface area is 113 Å². The van der Waals surface area contributed by atoms with E-state index in [4.69, 9.17) is 0 Å². The van der Waals surface area contributed by atoms with E-state index in [1.807, 2.05) is 12.1 Å². The van der Waals surface area contributed by atoms with E-state index < -0.39 is 10.0 Å². The predicted octanol–water partition coefficient (Wildman–Crippen LogP) is 1.96. The molecule has 19 heavy (non-hydrogen) atoms. The summed E-state index contributed by atoms with van der Waals surface area (Å²) in [6, 6.07) is 8.63. The van der Waals surface area contributed by atoms with Crippen LogP contribution in [0.1, 0.15) is 13.3 Å². The molecular weight excluding hydrogens is 262 g/mol. The summed E-state index contributed by atoms with van der Waals surface area (Å²) in [6.07, 6.45) is 1.03. The van der Waals surface area contributed by atoms with Crippen LogP contribution in [0.15, 0.2) is 35.2 Å². The van der Waals surface area contributed by atoms with Gasteiger partial charge >= 0.3 is 0 Å². The zero-order chi connectivity index (χ0) is 13.9. The number of nitrogens with one attached hydrogen (secondary N) is 2. The van der Waals surface area contributed by atoms with Crippen LogP contribution in [-0.2, 0) is 10.0 Å². The van der Waals surface area contributed by atoms with Crippen LogP contribution in [-0.4, -0.2) is 27.0 Å². The molecule has 6 heteroatoms. The number of nitrogens with zero attached hydrogens (tertiary/aromatic N) is 1. The van der Waals surface area contributed by atoms with Crippen LogP contribution in [0.5, 0.6) is 0 Å². The van der Waals surface area contributed by atoms with Gasteiger partial charge in [-0.3, -0.25) is 0 Å². The first-order valence-electron chi connectivity index (χ1n) is 6.15. The fourth-order valence-corrected chi connectivity index (χ4v) is 2.51. The molecule has 102 valence electrons. The zero-order valence-corrected chi connectivity index (χ0v) is 11.8. The molecule has 0 saturated heterocycles. The van der Waals surface area contributed by atoms with Gasteiger partial charge in [0.2, 0.25) is 10.0 Å². The number of fused-ring (bicyclic) bond motifs is 1. The molecule has 0 unspecified atom stereocenters. The van der Waals surface area contributed by atoms with Crippen LogP contribution in [0.2, 0.25) is 0 Å². The van der Waals surface area contributed by atoms with Crippen molar-refractivity contribution in [2.24, 2.45) is 0 Å². The number of hydrogen-bond donors (Lipinski definition) is 2. The van der Waals surface area contributed by atoms with Crippen molar-refractivity contribution < 1.29 is 8.42 Å². The highest BCUT2D eigenvalue weighted by Gasteiger charge is 2.11. The Hall–Kier alpha value is -1.66. The van der Waals surface area contributed by atoms with Crippen LogP contribution < -0.4 is 10.0 Å². The molecule has 1 aromatic carbocycles. The van der Waals surface area contributed by atoms with Gasteiger partial charge in [-0.15, -0.1) is 0 Å². The summed E-state index contributed by atoms with van der Waals surface area (Å²) in [5, 5.41) is 4.00. The summed E-state index contributed by atoms with van der Waals surface area (Å²) in [5.74, 6) is 0.804. The quantitative estimate of drug-likeness (QED) is 0.877. The third kappa shape index (κ3) is 3.02. The van der Waals surface area contributed by atoms with Gasteiger partial charge < -0.3 is 5.32 Å². The van der Waals surface area contributed by atoms with E-state index in [1.165, 1.54) is 7.05 Å². The molecule has 0 fully saturated rings. The molecule has 0 spiro atoms. The fourth-order valence-electron chi connectivity index (χ4n) is 1.74. The Balaban J connectivity index is 2.41. The fraction of sp³-hybridized carbons (Fsp3) is 0.308. The Morgan fingerprint density at radius 3 is 2.68 bits per heavy atom. The van der Waals surface area contributed by atoms with Gasteiger partial charge in [-0.2, -0.15) is 0 Å². The lowest BCUT2D eigenvalue weighted by Gasteiger charge is -2.07. The minimum Gasteiger partial charge on any atom is -0.370 e. The summed E-state index contributed by atoms with van der Waals surface area (Å²) in [5.41, 5.74) is 0.774. The van der Waals surface area contributed by atoms with Crippen LogP contribution in [0, 0.1) is 0 Å². The van der Waals surface area contributed by atoms with Crippen molar-refractivity contribution >= 4 is 26.7 Å². The molecule has 2 N–H and O–H groups in total.